The van der Waals surface area contributed by atoms with Crippen LogP contribution in [-0.2, 0) is 0 Å². The molecular formula is C37H41N4O16+. The van der Waals surface area contributed by atoms with Crippen LogP contribution in [0.1, 0.15) is 120 Å². The van der Waals surface area contributed by atoms with E-state index in [1.54, 1.807) is 48.5 Å². The highest BCUT2D eigenvalue weighted by Crippen LogP contribution is 2.22. The van der Waals surface area contributed by atoms with Crippen LogP contribution in [0.25, 0.3) is 0 Å². The number of amides is 8. The van der Waals surface area contributed by atoms with Crippen LogP contribution in [0.2, 0.25) is 0 Å². The number of carbonyl (C=O) groups excluding carboxylic acids is 8. The predicted octanol–water partition coefficient (Wildman–Crippen LogP) is 5.79. The molecule has 0 fully saturated rings. The van der Waals surface area contributed by atoms with Crippen molar-refractivity contribution in [2.45, 2.75) is 37.1 Å². The molecule has 4 heterocycles. The van der Waals surface area contributed by atoms with Crippen LogP contribution >= 0.6 is 0 Å². The van der Waals surface area contributed by atoms with E-state index in [1.807, 2.05) is 0 Å². The van der Waals surface area contributed by atoms with Gasteiger partial charge in [0.05, 0.1) is 44.5 Å². The fourth-order valence-corrected chi connectivity index (χ4v) is 4.71. The lowest BCUT2D eigenvalue weighted by atomic mass is 10.1. The molecule has 0 spiro atoms. The molecule has 0 saturated carbocycles. The first-order valence-electron chi connectivity index (χ1n) is 13.9. The number of carbonyl (C=O) groups is 8. The summed E-state index contributed by atoms with van der Waals surface area (Å²) in [5.74, 6) is -5.25. The quantitative estimate of drug-likeness (QED) is 0.0929. The zero-order chi connectivity index (χ0) is 38.9. The third-order valence-electron chi connectivity index (χ3n) is 7.09. The molecule has 304 valence electrons. The number of benzene rings is 4. The fraction of sp³-hybridized carbons (Fsp3) is 0.135. The van der Waals surface area contributed by atoms with Crippen molar-refractivity contribution in [1.82, 2.24) is 20.3 Å². The third-order valence-corrected chi connectivity index (χ3v) is 7.09. The molecule has 0 radical (unpaired) electrons. The van der Waals surface area contributed by atoms with E-state index >= 15 is 0 Å². The number of nitrogens with zero attached hydrogens (tertiary/aromatic N) is 4. The molecule has 0 bridgehead atoms. The van der Waals surface area contributed by atoms with Gasteiger partial charge in [0.15, 0.2) is 0 Å². The fourth-order valence-electron chi connectivity index (χ4n) is 4.71. The molecule has 8 rings (SSSR count). The Labute approximate surface area is 325 Å². The van der Waals surface area contributed by atoms with Crippen molar-refractivity contribution in [1.29, 1.82) is 0 Å². The van der Waals surface area contributed by atoms with Gasteiger partial charge >= 0.3 is 0 Å². The van der Waals surface area contributed by atoms with Gasteiger partial charge in [-0.25, -0.2) is 0 Å². The van der Waals surface area contributed by atoms with Crippen molar-refractivity contribution in [3.05, 3.63) is 156 Å². The Morgan fingerprint density at radius 2 is 0.368 bits per heavy atom. The van der Waals surface area contributed by atoms with E-state index in [0.29, 0.717) is 0 Å². The van der Waals surface area contributed by atoms with Gasteiger partial charge in [-0.15, -0.1) is 20.3 Å². The van der Waals surface area contributed by atoms with Crippen LogP contribution in [0.5, 0.6) is 0 Å². The highest BCUT2D eigenvalue weighted by molar-refractivity contribution is 6.22. The number of hydrogen-bond acceptors (Lipinski definition) is 15. The van der Waals surface area contributed by atoms with Crippen LogP contribution in [-0.4, -0.2) is 93.3 Å². The molecule has 4 aliphatic rings. The second-order valence-electron chi connectivity index (χ2n) is 9.87. The molecule has 4 aliphatic heterocycles. The molecule has 20 heteroatoms. The number of hydrogen-bond donors (Lipinski definition) is 4. The van der Waals surface area contributed by atoms with Gasteiger partial charge in [-0.1, -0.05) is 85.7 Å². The lowest BCUT2D eigenvalue weighted by molar-refractivity contribution is -0.0330. The summed E-state index contributed by atoms with van der Waals surface area (Å²) in [6.45, 7) is 0. The summed E-state index contributed by atoms with van der Waals surface area (Å²) >= 11 is 0. The average Bonchev–Trinajstić information content (AvgIpc) is 3.75. The Morgan fingerprint density at radius 3 is 0.456 bits per heavy atom. The van der Waals surface area contributed by atoms with Gasteiger partial charge in [0.1, 0.15) is 0 Å². The molecule has 0 aliphatic carbocycles. The average molecular weight is 798 g/mol. The second-order valence-corrected chi connectivity index (χ2v) is 9.87. The number of imide groups is 4. The first-order chi connectivity index (χ1) is 24.9. The van der Waals surface area contributed by atoms with Crippen LogP contribution < -0.4 is 0 Å². The van der Waals surface area contributed by atoms with Gasteiger partial charge < -0.3 is 0 Å². The van der Waals surface area contributed by atoms with Gasteiger partial charge in [-0.05, 0) is 48.5 Å². The third kappa shape index (κ3) is 10.4. The zero-order valence-electron chi connectivity index (χ0n) is 25.8. The first kappa shape index (κ1) is 53.8. The maximum atomic E-state index is 11.1. The molecule has 0 atom stereocenters. The van der Waals surface area contributed by atoms with E-state index in [-0.39, 0.29) is 102 Å². The lowest BCUT2D eigenvalue weighted by Gasteiger charge is -1.99. The largest absolute Gasteiger partial charge is 0.285 e. The zero-order valence-corrected chi connectivity index (χ0v) is 25.8. The predicted molar refractivity (Wildman–Crippen MR) is 201 cm³/mol. The van der Waals surface area contributed by atoms with E-state index in [4.69, 9.17) is 40.7 Å². The van der Waals surface area contributed by atoms with E-state index in [0.717, 1.165) is 0 Å². The second kappa shape index (κ2) is 23.3. The smallest absolute Gasteiger partial charge is 0.278 e. The standard InChI is InChI=1S/4C8H5NO3.5CH4.2O2/c4*10-7-5-3-1-2-4-6(5)8(11)9(7)12;;;;;;2*1-2/h4*1-4,12H;5*1H4;;/p+1. The normalized spacial score (nSPS) is 13.0. The first-order valence-corrected chi connectivity index (χ1v) is 13.9. The molecule has 4 aromatic carbocycles. The summed E-state index contributed by atoms with van der Waals surface area (Å²) in [5.41, 5.74) is 2.04. The summed E-state index contributed by atoms with van der Waals surface area (Å²) < 4.78 is 0. The highest BCUT2D eigenvalue weighted by Gasteiger charge is 2.36. The minimum atomic E-state index is -0.657. The molecule has 0 unspecified atom stereocenters. The maximum absolute atomic E-state index is 11.1. The topological polar surface area (TPSA) is 303 Å². The van der Waals surface area contributed by atoms with E-state index < -0.39 is 47.3 Å². The number of fused-ring (bicyclic) bond motifs is 4. The number of hydroxylamine groups is 8. The molecule has 8 amide bonds. The van der Waals surface area contributed by atoms with Gasteiger partial charge in [0.2, 0.25) is 4.96 Å². The van der Waals surface area contributed by atoms with Crippen molar-refractivity contribution in [2.75, 3.05) is 0 Å². The maximum Gasteiger partial charge on any atom is 0.285 e. The van der Waals surface area contributed by atoms with Gasteiger partial charge in [-0.2, -0.15) is 0 Å². The van der Waals surface area contributed by atoms with Crippen molar-refractivity contribution < 1.29 is 64.2 Å². The summed E-state index contributed by atoms with van der Waals surface area (Å²) in [7, 11) is 0. The molecule has 57 heavy (non-hydrogen) atoms. The number of rotatable bonds is 0. The molecular weight excluding hydrogens is 756 g/mol. The van der Waals surface area contributed by atoms with E-state index in [9.17, 15) is 38.4 Å². The van der Waals surface area contributed by atoms with Crippen molar-refractivity contribution >= 4 is 47.3 Å². The molecule has 5 N–H and O–H groups in total. The van der Waals surface area contributed by atoms with Crippen LogP contribution in [0, 0.1) is 14.9 Å². The Hall–Kier alpha value is -7.52. The van der Waals surface area contributed by atoms with Gasteiger partial charge in [0.25, 0.3) is 47.3 Å². The minimum Gasteiger partial charge on any atom is -0.278 e. The van der Waals surface area contributed by atoms with Crippen LogP contribution in [0.4, 0.5) is 0 Å². The van der Waals surface area contributed by atoms with Crippen molar-refractivity contribution in [3.8, 4) is 0 Å². The summed E-state index contributed by atoms with van der Waals surface area (Å²) in [6, 6.07) is 25.2. The van der Waals surface area contributed by atoms with Crippen LogP contribution in [0.15, 0.2) is 97.1 Å². The molecule has 20 nitrogen and oxygen atoms in total. The summed E-state index contributed by atoms with van der Waals surface area (Å²) in [6.07, 6.45) is 0. The molecule has 0 saturated heterocycles. The molecule has 0 aromatic heterocycles. The monoisotopic (exact) mass is 797 g/mol. The van der Waals surface area contributed by atoms with Crippen molar-refractivity contribution in [2.24, 2.45) is 0 Å². The Morgan fingerprint density at radius 1 is 0.281 bits per heavy atom. The van der Waals surface area contributed by atoms with Crippen LogP contribution in [0.3, 0.4) is 0 Å². The lowest BCUT2D eigenvalue weighted by Crippen LogP contribution is -2.25. The Bertz CT molecular complexity index is 1690. The van der Waals surface area contributed by atoms with Gasteiger partial charge in [-0.3, -0.25) is 59.2 Å². The SMILES string of the molecule is C.C.C.C.C.O=C1c2ccccc2C(=O)N1O.O=C1c2ccccc2C(=O)N1O.O=C1c2ccccc2C(=O)N1O.O=C1c2ccccc2C(=O)N1O.O=O.O=[OH+]. The minimum absolute atomic E-state index is 0. The highest BCUT2D eigenvalue weighted by atomic mass is 16.7. The molecule has 4 aromatic rings. The van der Waals surface area contributed by atoms with Gasteiger partial charge in [0, 0.05) is 14.9 Å². The van der Waals surface area contributed by atoms with Crippen molar-refractivity contribution in [3.63, 3.8) is 0 Å². The summed E-state index contributed by atoms with van der Waals surface area (Å²) in [5, 5.41) is 36.2. The van der Waals surface area contributed by atoms with E-state index in [1.165, 1.54) is 48.5 Å². The Balaban J connectivity index is -0.000000644. The summed E-state index contributed by atoms with van der Waals surface area (Å²) in [4.78, 5) is 115. The Kier molecular flexibility index (Phi) is 22.0. The van der Waals surface area contributed by atoms with E-state index in [2.05, 4.69) is 0 Å².